The molecule has 4 rings (SSSR count). The number of thioether (sulfide) groups is 1. The van der Waals surface area contributed by atoms with Gasteiger partial charge in [-0.15, -0.1) is 11.8 Å². The van der Waals surface area contributed by atoms with Crippen LogP contribution in [0.1, 0.15) is 130 Å². The minimum Gasteiger partial charge on any atom is -0.480 e. The number of hydrogen-bond donors (Lipinski definition) is 11. The van der Waals surface area contributed by atoms with Crippen LogP contribution in [0, 0.1) is 5.92 Å². The van der Waals surface area contributed by atoms with E-state index in [0.717, 1.165) is 35.9 Å². The molecule has 1 unspecified atom stereocenters. The highest BCUT2D eigenvalue weighted by molar-refractivity contribution is 8.00. The number of carbonyl (C=O) groups is 11. The van der Waals surface area contributed by atoms with Gasteiger partial charge in [0.15, 0.2) is 5.96 Å². The fourth-order valence-corrected chi connectivity index (χ4v) is 11.4. The minimum absolute atomic E-state index is 0.0593. The van der Waals surface area contributed by atoms with Gasteiger partial charge in [0, 0.05) is 44.9 Å². The first-order valence-corrected chi connectivity index (χ1v) is 28.9. The molecule has 28 heteroatoms. The van der Waals surface area contributed by atoms with Crippen LogP contribution in [0.25, 0.3) is 0 Å². The number of carboxylic acid groups (broad SMARTS) is 1. The number of rotatable bonds is 33. The number of aliphatic carboxylic acids is 1. The Morgan fingerprint density at radius 2 is 1.34 bits per heavy atom. The van der Waals surface area contributed by atoms with Crippen LogP contribution in [0.15, 0.2) is 4.99 Å². The molecule has 4 aliphatic rings. The van der Waals surface area contributed by atoms with Crippen LogP contribution in [-0.2, 0) is 52.7 Å². The van der Waals surface area contributed by atoms with Crippen molar-refractivity contribution < 1.29 is 63.0 Å². The summed E-state index contributed by atoms with van der Waals surface area (Å²) in [4.78, 5) is 158. The van der Waals surface area contributed by atoms with Crippen molar-refractivity contribution in [3.63, 3.8) is 0 Å². The fourth-order valence-electron chi connectivity index (χ4n) is 10.2. The molecule has 10 amide bonds. The highest BCUT2D eigenvalue weighted by Gasteiger charge is 2.45. The quantitative estimate of drug-likeness (QED) is 0.0136. The van der Waals surface area contributed by atoms with Gasteiger partial charge in [-0.3, -0.25) is 57.8 Å². The first-order chi connectivity index (χ1) is 37.6. The van der Waals surface area contributed by atoms with Gasteiger partial charge in [-0.1, -0.05) is 46.5 Å². The third-order valence-electron chi connectivity index (χ3n) is 14.5. The predicted molar refractivity (Wildman–Crippen MR) is 292 cm³/mol. The van der Waals surface area contributed by atoms with Crippen LogP contribution >= 0.6 is 11.8 Å². The zero-order valence-corrected chi connectivity index (χ0v) is 46.8. The maximum absolute atomic E-state index is 14.3. The lowest BCUT2D eigenvalue weighted by Gasteiger charge is -2.33. The number of aliphatic imine (C=N–C) groups is 1. The van der Waals surface area contributed by atoms with Gasteiger partial charge in [0.1, 0.15) is 42.3 Å². The number of unbranched alkanes of at least 4 members (excludes halogenated alkanes) is 4. The van der Waals surface area contributed by atoms with Crippen molar-refractivity contribution in [2.45, 2.75) is 184 Å². The summed E-state index contributed by atoms with van der Waals surface area (Å²) in [6.45, 7) is 5.27. The van der Waals surface area contributed by atoms with E-state index in [1.165, 1.54) is 14.7 Å². The Morgan fingerprint density at radius 1 is 0.722 bits per heavy atom. The molecule has 0 radical (unpaired) electrons. The van der Waals surface area contributed by atoms with Gasteiger partial charge in [0.2, 0.25) is 59.1 Å². The maximum Gasteiger partial charge on any atom is 0.326 e. The summed E-state index contributed by atoms with van der Waals surface area (Å²) in [6, 6.07) is -9.43. The normalized spacial score (nSPS) is 21.1. The van der Waals surface area contributed by atoms with Gasteiger partial charge in [0.05, 0.1) is 24.4 Å². The molecular formula is C51H86N14O13S. The summed E-state index contributed by atoms with van der Waals surface area (Å²) in [7, 11) is 0. The lowest BCUT2D eigenvalue weighted by molar-refractivity contribution is -0.148. The first-order valence-electron chi connectivity index (χ1n) is 27.8. The Hall–Kier alpha value is -6.13. The number of nitrogens with zero attached hydrogens (tertiary/aromatic N) is 5. The van der Waals surface area contributed by atoms with E-state index in [-0.39, 0.29) is 94.8 Å². The number of aliphatic hydroxyl groups is 1. The molecule has 0 bridgehead atoms. The topological polar surface area (TPSA) is 418 Å². The van der Waals surface area contributed by atoms with Crippen LogP contribution in [0.2, 0.25) is 0 Å². The number of aliphatic hydroxyl groups excluding tert-OH is 1. The number of guanidine groups is 1. The monoisotopic (exact) mass is 1130 g/mol. The fraction of sp³-hybridized carbons (Fsp3) is 0.765. The number of carbonyl (C=O) groups excluding carboxylic acids is 10. The molecule has 4 heterocycles. The summed E-state index contributed by atoms with van der Waals surface area (Å²) in [5.74, 6) is -8.23. The van der Waals surface area contributed by atoms with Crippen molar-refractivity contribution in [3.05, 3.63) is 0 Å². The predicted octanol–water partition coefficient (Wildman–Crippen LogP) is -2.91. The Morgan fingerprint density at radius 3 is 1.96 bits per heavy atom. The molecule has 4 aliphatic heterocycles. The molecule has 9 atom stereocenters. The molecule has 79 heavy (non-hydrogen) atoms. The van der Waals surface area contributed by atoms with Gasteiger partial charge >= 0.3 is 5.97 Å². The Bertz CT molecular complexity index is 2190. The minimum atomic E-state index is -1.63. The van der Waals surface area contributed by atoms with Crippen LogP contribution in [0.3, 0.4) is 0 Å². The van der Waals surface area contributed by atoms with Gasteiger partial charge in [-0.05, 0) is 89.5 Å². The van der Waals surface area contributed by atoms with Crippen molar-refractivity contribution in [2.24, 2.45) is 33.8 Å². The SMILES string of the molecule is CCCCCCN1C(=O)CC(SC[C@H](NC(=O)CNC(=O)[C@@H]2CCCN2C(=O)[C@@H]2CCCN2C(=O)[C@H](CCCN=C(N)N)NC(=O)[C@@H](N)CCCCN)C(=O)N[C@@H](CO)C(=O)N2CCC[C@H]2C(=O)N[C@@H](CC(C)C)C(=O)O)C1=O. The van der Waals surface area contributed by atoms with Gasteiger partial charge in [-0.2, -0.15) is 0 Å². The third kappa shape index (κ3) is 19.6. The zero-order valence-electron chi connectivity index (χ0n) is 46.0. The number of likely N-dealkylation sites (tertiary alicyclic amines) is 4. The number of carboxylic acids is 1. The average molecular weight is 1140 g/mol. The smallest absolute Gasteiger partial charge is 0.326 e. The largest absolute Gasteiger partial charge is 0.480 e. The van der Waals surface area contributed by atoms with Crippen LogP contribution in [-0.4, -0.2) is 213 Å². The molecule has 4 fully saturated rings. The second-order valence-corrected chi connectivity index (χ2v) is 22.3. The molecule has 0 aromatic rings. The Kier molecular flexibility index (Phi) is 27.2. The van der Waals surface area contributed by atoms with Gasteiger partial charge in [-0.25, -0.2) is 4.79 Å². The number of nitrogens with two attached hydrogens (primary N) is 4. The van der Waals surface area contributed by atoms with E-state index >= 15 is 0 Å². The molecule has 444 valence electrons. The highest BCUT2D eigenvalue weighted by atomic mass is 32.2. The van der Waals surface area contributed by atoms with E-state index in [9.17, 15) is 63.0 Å². The van der Waals surface area contributed by atoms with Crippen LogP contribution < -0.4 is 49.5 Å². The summed E-state index contributed by atoms with van der Waals surface area (Å²) in [6.07, 6.45) is 7.32. The second kappa shape index (κ2) is 32.8. The van der Waals surface area contributed by atoms with Crippen molar-refractivity contribution >= 4 is 82.8 Å². The molecule has 27 nitrogen and oxygen atoms in total. The molecule has 15 N–H and O–H groups in total. The van der Waals surface area contributed by atoms with Crippen molar-refractivity contribution in [1.82, 2.24) is 46.2 Å². The van der Waals surface area contributed by atoms with Crippen LogP contribution in [0.5, 0.6) is 0 Å². The van der Waals surface area contributed by atoms with E-state index < -0.39 is 126 Å². The lowest BCUT2D eigenvalue weighted by atomic mass is 10.0. The zero-order chi connectivity index (χ0) is 58.3. The molecule has 0 aromatic carbocycles. The number of hydrogen-bond acceptors (Lipinski definition) is 16. The number of amides is 10. The number of imide groups is 1. The summed E-state index contributed by atoms with van der Waals surface area (Å²) >= 11 is 0.934. The molecule has 4 saturated heterocycles. The summed E-state index contributed by atoms with van der Waals surface area (Å²) in [5, 5.41) is 32.0. The average Bonchev–Trinajstić information content (AvgIpc) is 4.26. The van der Waals surface area contributed by atoms with Crippen molar-refractivity contribution in [2.75, 3.05) is 58.2 Å². The van der Waals surface area contributed by atoms with E-state index in [0.29, 0.717) is 57.9 Å². The van der Waals surface area contributed by atoms with E-state index in [1.807, 2.05) is 6.92 Å². The van der Waals surface area contributed by atoms with Gasteiger partial charge < -0.3 is 74.4 Å². The number of nitrogens with one attached hydrogen (secondary N) is 5. The van der Waals surface area contributed by atoms with E-state index in [1.54, 1.807) is 13.8 Å². The lowest BCUT2D eigenvalue weighted by Crippen LogP contribution is -2.59. The van der Waals surface area contributed by atoms with Gasteiger partial charge in [0.25, 0.3) is 0 Å². The molecule has 0 saturated carbocycles. The van der Waals surface area contributed by atoms with Crippen molar-refractivity contribution in [3.8, 4) is 0 Å². The molecule has 0 aromatic heterocycles. The summed E-state index contributed by atoms with van der Waals surface area (Å²) < 4.78 is 0. The Balaban J connectivity index is 1.46. The van der Waals surface area contributed by atoms with Crippen molar-refractivity contribution in [1.29, 1.82) is 0 Å². The standard InChI is InChI=1S/C51H86N14O13S/c1-4-5-6-9-21-65-41(68)26-39(49(65)76)79-29-35(43(70)61-34(28-66)47(74)62-22-12-17-37(62)45(72)60-33(50(77)78)25-30(2)3)58-40(67)27-57-44(71)36-16-11-23-63(36)48(75)38-18-13-24-64(38)46(73)32(15-10-20-56-51(54)55)59-42(69)31(53)14-7-8-19-52/h30-39,66H,4-29,52-53H2,1-3H3,(H,57,71)(H,58,67)(H,59,69)(H,60,72)(H,61,70)(H,77,78)(H4,54,55,56)/t31-,32-,33-,34-,35-,36-,37-,38-,39?/m0/s1. The first kappa shape index (κ1) is 65.4. The van der Waals surface area contributed by atoms with E-state index in [2.05, 4.69) is 31.6 Å². The second-order valence-electron chi connectivity index (χ2n) is 21.1. The molecular weight excluding hydrogens is 1050 g/mol. The van der Waals surface area contributed by atoms with Crippen LogP contribution in [0.4, 0.5) is 0 Å². The third-order valence-corrected chi connectivity index (χ3v) is 15.8. The maximum atomic E-state index is 14.3. The molecule has 0 spiro atoms. The van der Waals surface area contributed by atoms with E-state index in [4.69, 9.17) is 22.9 Å². The molecule has 0 aliphatic carbocycles. The highest BCUT2D eigenvalue weighted by Crippen LogP contribution is 2.28. The Labute approximate surface area is 465 Å². The summed E-state index contributed by atoms with van der Waals surface area (Å²) in [5.41, 5.74) is 22.7.